The number of hydrogen-bond donors (Lipinski definition) is 2. The van der Waals surface area contributed by atoms with Crippen LogP contribution in [0.25, 0.3) is 0 Å². The highest BCUT2D eigenvalue weighted by Gasteiger charge is 2.38. The van der Waals surface area contributed by atoms with Gasteiger partial charge in [-0.25, -0.2) is 0 Å². The standard InChI is InChI=1S/C9H18N2O.ClH/c1-9(4-2-5-9)8(12)11-7-3-6-10;/h2-7,10H2,1H3,(H,11,12);1H. The van der Waals surface area contributed by atoms with E-state index < -0.39 is 0 Å². The van der Waals surface area contributed by atoms with Crippen molar-refractivity contribution in [2.45, 2.75) is 32.6 Å². The summed E-state index contributed by atoms with van der Waals surface area (Å²) in [6.45, 7) is 3.41. The number of carbonyl (C=O) groups excluding carboxylic acids is 1. The fraction of sp³-hybridized carbons (Fsp3) is 0.889. The van der Waals surface area contributed by atoms with Crippen LogP contribution in [0.1, 0.15) is 32.6 Å². The van der Waals surface area contributed by atoms with Crippen LogP contribution in [-0.4, -0.2) is 19.0 Å². The summed E-state index contributed by atoms with van der Waals surface area (Å²) >= 11 is 0. The first-order chi connectivity index (χ1) is 5.69. The normalized spacial score (nSPS) is 18.3. The Balaban J connectivity index is 0.00000144. The highest BCUT2D eigenvalue weighted by atomic mass is 35.5. The number of nitrogens with two attached hydrogens (primary N) is 1. The fourth-order valence-corrected chi connectivity index (χ4v) is 1.45. The number of amides is 1. The molecule has 3 nitrogen and oxygen atoms in total. The number of rotatable bonds is 4. The summed E-state index contributed by atoms with van der Waals surface area (Å²) in [5.41, 5.74) is 5.26. The lowest BCUT2D eigenvalue weighted by Crippen LogP contribution is -2.43. The summed E-state index contributed by atoms with van der Waals surface area (Å²) in [5.74, 6) is 0.210. The van der Waals surface area contributed by atoms with Crippen LogP contribution in [0.4, 0.5) is 0 Å². The predicted molar refractivity (Wildman–Crippen MR) is 55.9 cm³/mol. The predicted octanol–water partition coefficient (Wildman–Crippen LogP) is 1.06. The molecule has 4 heteroatoms. The molecular weight excluding hydrogens is 188 g/mol. The highest BCUT2D eigenvalue weighted by molar-refractivity contribution is 5.85. The van der Waals surface area contributed by atoms with Gasteiger partial charge in [-0.3, -0.25) is 4.79 Å². The molecule has 78 valence electrons. The molecule has 0 aromatic carbocycles. The maximum absolute atomic E-state index is 11.5. The topological polar surface area (TPSA) is 55.1 Å². The van der Waals surface area contributed by atoms with E-state index in [-0.39, 0.29) is 23.7 Å². The van der Waals surface area contributed by atoms with Crippen LogP contribution in [0.15, 0.2) is 0 Å². The van der Waals surface area contributed by atoms with Gasteiger partial charge in [0, 0.05) is 12.0 Å². The average Bonchev–Trinajstić information content (AvgIpc) is 2.00. The van der Waals surface area contributed by atoms with Crippen LogP contribution >= 0.6 is 12.4 Å². The first-order valence-corrected chi connectivity index (χ1v) is 4.67. The monoisotopic (exact) mass is 206 g/mol. The van der Waals surface area contributed by atoms with Gasteiger partial charge in [-0.2, -0.15) is 0 Å². The molecule has 0 spiro atoms. The highest BCUT2D eigenvalue weighted by Crippen LogP contribution is 2.40. The summed E-state index contributed by atoms with van der Waals surface area (Å²) in [6.07, 6.45) is 4.16. The summed E-state index contributed by atoms with van der Waals surface area (Å²) in [7, 11) is 0. The molecule has 0 aromatic rings. The van der Waals surface area contributed by atoms with Gasteiger partial charge in [0.15, 0.2) is 0 Å². The van der Waals surface area contributed by atoms with Gasteiger partial charge in [-0.1, -0.05) is 13.3 Å². The second-order valence-corrected chi connectivity index (χ2v) is 3.81. The lowest BCUT2D eigenvalue weighted by Gasteiger charge is -2.36. The Morgan fingerprint density at radius 3 is 2.54 bits per heavy atom. The third-order valence-corrected chi connectivity index (χ3v) is 2.67. The molecule has 0 radical (unpaired) electrons. The van der Waals surface area contributed by atoms with Crippen LogP contribution in [-0.2, 0) is 4.79 Å². The number of nitrogens with one attached hydrogen (secondary N) is 1. The van der Waals surface area contributed by atoms with Crippen LogP contribution < -0.4 is 11.1 Å². The maximum Gasteiger partial charge on any atom is 0.225 e. The molecule has 13 heavy (non-hydrogen) atoms. The van der Waals surface area contributed by atoms with Crippen LogP contribution in [0.2, 0.25) is 0 Å². The van der Waals surface area contributed by atoms with Crippen LogP contribution in [0, 0.1) is 5.41 Å². The van der Waals surface area contributed by atoms with Crippen molar-refractivity contribution in [3.63, 3.8) is 0 Å². The number of carbonyl (C=O) groups is 1. The lowest BCUT2D eigenvalue weighted by atomic mass is 9.70. The summed E-state index contributed by atoms with van der Waals surface area (Å²) in [6, 6.07) is 0. The van der Waals surface area contributed by atoms with Gasteiger partial charge in [-0.05, 0) is 25.8 Å². The Morgan fingerprint density at radius 2 is 2.15 bits per heavy atom. The van der Waals surface area contributed by atoms with Gasteiger partial charge in [0.1, 0.15) is 0 Å². The summed E-state index contributed by atoms with van der Waals surface area (Å²) in [5, 5.41) is 2.91. The molecule has 0 aromatic heterocycles. The number of halogens is 1. The average molecular weight is 207 g/mol. The van der Waals surface area contributed by atoms with E-state index in [2.05, 4.69) is 5.32 Å². The van der Waals surface area contributed by atoms with Crippen molar-refractivity contribution in [3.05, 3.63) is 0 Å². The van der Waals surface area contributed by atoms with Gasteiger partial charge < -0.3 is 11.1 Å². The molecule has 0 unspecified atom stereocenters. The summed E-state index contributed by atoms with van der Waals surface area (Å²) in [4.78, 5) is 11.5. The molecule has 0 bridgehead atoms. The van der Waals surface area contributed by atoms with Crippen molar-refractivity contribution >= 4 is 18.3 Å². The van der Waals surface area contributed by atoms with Gasteiger partial charge >= 0.3 is 0 Å². The Labute approximate surface area is 85.9 Å². The molecule has 0 atom stereocenters. The van der Waals surface area contributed by atoms with E-state index >= 15 is 0 Å². The van der Waals surface area contributed by atoms with Gasteiger partial charge in [0.05, 0.1) is 0 Å². The van der Waals surface area contributed by atoms with E-state index in [9.17, 15) is 4.79 Å². The van der Waals surface area contributed by atoms with E-state index in [4.69, 9.17) is 5.73 Å². The molecule has 1 fully saturated rings. The molecular formula is C9H19ClN2O. The van der Waals surface area contributed by atoms with E-state index in [0.29, 0.717) is 6.54 Å². The molecule has 0 heterocycles. The molecule has 1 aliphatic carbocycles. The molecule has 0 saturated heterocycles. The molecule has 1 amide bonds. The maximum atomic E-state index is 11.5. The van der Waals surface area contributed by atoms with Crippen molar-refractivity contribution in [1.29, 1.82) is 0 Å². The Hall–Kier alpha value is -0.280. The lowest BCUT2D eigenvalue weighted by molar-refractivity contribution is -0.134. The molecule has 3 N–H and O–H groups in total. The molecule has 0 aliphatic heterocycles. The van der Waals surface area contributed by atoms with E-state index in [1.54, 1.807) is 0 Å². The van der Waals surface area contributed by atoms with Gasteiger partial charge in [0.25, 0.3) is 0 Å². The third-order valence-electron chi connectivity index (χ3n) is 2.67. The van der Waals surface area contributed by atoms with Crippen molar-refractivity contribution < 1.29 is 4.79 Å². The SMILES string of the molecule is CC1(C(=O)NCCCN)CCC1.Cl. The zero-order valence-electron chi connectivity index (χ0n) is 8.14. The van der Waals surface area contributed by atoms with Crippen LogP contribution in [0.3, 0.4) is 0 Å². The minimum absolute atomic E-state index is 0. The Kier molecular flexibility index (Phi) is 5.33. The Morgan fingerprint density at radius 1 is 1.54 bits per heavy atom. The van der Waals surface area contributed by atoms with E-state index in [0.717, 1.165) is 25.8 Å². The zero-order valence-corrected chi connectivity index (χ0v) is 8.95. The smallest absolute Gasteiger partial charge is 0.225 e. The zero-order chi connectivity index (χ0) is 9.03. The van der Waals surface area contributed by atoms with Crippen molar-refractivity contribution in [2.75, 3.05) is 13.1 Å². The van der Waals surface area contributed by atoms with Crippen LogP contribution in [0.5, 0.6) is 0 Å². The van der Waals surface area contributed by atoms with Crippen molar-refractivity contribution in [1.82, 2.24) is 5.32 Å². The first kappa shape index (κ1) is 12.7. The minimum atomic E-state index is -0.0609. The minimum Gasteiger partial charge on any atom is -0.356 e. The van der Waals surface area contributed by atoms with Crippen molar-refractivity contribution in [3.8, 4) is 0 Å². The quantitative estimate of drug-likeness (QED) is 0.676. The van der Waals surface area contributed by atoms with Gasteiger partial charge in [-0.15, -0.1) is 12.4 Å². The second kappa shape index (κ2) is 5.45. The largest absolute Gasteiger partial charge is 0.356 e. The fourth-order valence-electron chi connectivity index (χ4n) is 1.45. The first-order valence-electron chi connectivity index (χ1n) is 4.67. The third kappa shape index (κ3) is 3.16. The number of hydrogen-bond acceptors (Lipinski definition) is 2. The molecule has 1 rings (SSSR count). The summed E-state index contributed by atoms with van der Waals surface area (Å²) < 4.78 is 0. The Bertz CT molecular complexity index is 169. The molecule has 1 saturated carbocycles. The second-order valence-electron chi connectivity index (χ2n) is 3.81. The molecule has 1 aliphatic rings. The van der Waals surface area contributed by atoms with E-state index in [1.165, 1.54) is 6.42 Å². The van der Waals surface area contributed by atoms with Gasteiger partial charge in [0.2, 0.25) is 5.91 Å². The van der Waals surface area contributed by atoms with E-state index in [1.807, 2.05) is 6.92 Å². The van der Waals surface area contributed by atoms with Crippen molar-refractivity contribution in [2.24, 2.45) is 11.1 Å².